The number of fused-ring (bicyclic) bond motifs is 1. The van der Waals surface area contributed by atoms with Gasteiger partial charge in [0, 0.05) is 27.9 Å². The number of anilines is 1. The second-order valence-corrected chi connectivity index (χ2v) is 6.92. The molecule has 1 amide bonds. The van der Waals surface area contributed by atoms with E-state index in [1.165, 1.54) is 0 Å². The highest BCUT2D eigenvalue weighted by Crippen LogP contribution is 2.37. The van der Waals surface area contributed by atoms with Crippen molar-refractivity contribution in [1.82, 2.24) is 4.98 Å². The van der Waals surface area contributed by atoms with E-state index in [9.17, 15) is 4.79 Å². The number of nitrogens with zero attached hydrogens (tertiary/aromatic N) is 2. The molecule has 0 radical (unpaired) electrons. The lowest BCUT2D eigenvalue weighted by Gasteiger charge is -2.22. The van der Waals surface area contributed by atoms with Crippen molar-refractivity contribution in [2.45, 2.75) is 23.5 Å². The molecular formula is C16H15ClN2OS. The molecule has 108 valence electrons. The zero-order chi connectivity index (χ0) is 14.8. The Hall–Kier alpha value is -1.52. The number of amides is 1. The van der Waals surface area contributed by atoms with Crippen LogP contribution >= 0.6 is 23.4 Å². The molecular weight excluding hydrogens is 304 g/mol. The van der Waals surface area contributed by atoms with Gasteiger partial charge in [-0.15, -0.1) is 11.8 Å². The number of para-hydroxylation sites is 1. The molecule has 1 aliphatic rings. The van der Waals surface area contributed by atoms with Crippen LogP contribution in [-0.2, 0) is 0 Å². The molecule has 2 heterocycles. The Morgan fingerprint density at radius 2 is 2.19 bits per heavy atom. The molecule has 0 saturated heterocycles. The lowest BCUT2D eigenvalue weighted by Crippen LogP contribution is -2.32. The quantitative estimate of drug-likeness (QED) is 0.787. The molecule has 1 aromatic carbocycles. The molecule has 0 fully saturated rings. The molecule has 21 heavy (non-hydrogen) atoms. The third kappa shape index (κ3) is 3.06. The topological polar surface area (TPSA) is 33.2 Å². The summed E-state index contributed by atoms with van der Waals surface area (Å²) in [5.41, 5.74) is 1.34. The Morgan fingerprint density at radius 1 is 1.38 bits per heavy atom. The van der Waals surface area contributed by atoms with Gasteiger partial charge in [0.25, 0.3) is 5.91 Å². The third-order valence-corrected chi connectivity index (χ3v) is 4.90. The molecule has 1 unspecified atom stereocenters. The number of carbonyl (C=O) groups excluding carboxylic acids is 1. The number of rotatable bonds is 1. The van der Waals surface area contributed by atoms with E-state index < -0.39 is 0 Å². The molecule has 2 aromatic rings. The molecule has 3 rings (SSSR count). The van der Waals surface area contributed by atoms with Crippen LogP contribution in [0.5, 0.6) is 0 Å². The van der Waals surface area contributed by atoms with E-state index in [2.05, 4.69) is 18.0 Å². The minimum absolute atomic E-state index is 0.0975. The van der Waals surface area contributed by atoms with E-state index in [4.69, 9.17) is 11.6 Å². The maximum absolute atomic E-state index is 12.8. The van der Waals surface area contributed by atoms with Gasteiger partial charge in [-0.1, -0.05) is 30.7 Å². The average molecular weight is 319 g/mol. The van der Waals surface area contributed by atoms with Crippen LogP contribution in [0.25, 0.3) is 0 Å². The van der Waals surface area contributed by atoms with Crippen LogP contribution in [0, 0.1) is 0 Å². The summed E-state index contributed by atoms with van der Waals surface area (Å²) in [5, 5.41) is 1.01. The number of hydrogen-bond donors (Lipinski definition) is 0. The number of carbonyl (C=O) groups is 1. The maximum Gasteiger partial charge on any atom is 0.276 e. The first-order chi connectivity index (χ1) is 10.1. The van der Waals surface area contributed by atoms with Crippen LogP contribution in [0.1, 0.15) is 23.8 Å². The van der Waals surface area contributed by atoms with Gasteiger partial charge in [-0.3, -0.25) is 9.78 Å². The fraction of sp³-hybridized carbons (Fsp3) is 0.250. The van der Waals surface area contributed by atoms with Crippen LogP contribution in [0.3, 0.4) is 0 Å². The lowest BCUT2D eigenvalue weighted by molar-refractivity contribution is 0.0981. The molecule has 0 bridgehead atoms. The van der Waals surface area contributed by atoms with Crippen LogP contribution in [0.2, 0.25) is 5.02 Å². The fourth-order valence-electron chi connectivity index (χ4n) is 2.36. The van der Waals surface area contributed by atoms with Gasteiger partial charge in [-0.05, 0) is 30.7 Å². The van der Waals surface area contributed by atoms with Crippen LogP contribution < -0.4 is 4.90 Å². The monoisotopic (exact) mass is 318 g/mol. The Kier molecular flexibility index (Phi) is 4.17. The third-order valence-electron chi connectivity index (χ3n) is 3.43. The van der Waals surface area contributed by atoms with Crippen molar-refractivity contribution >= 4 is 35.0 Å². The molecule has 0 aliphatic carbocycles. The zero-order valence-corrected chi connectivity index (χ0v) is 13.2. The number of aromatic nitrogens is 1. The zero-order valence-electron chi connectivity index (χ0n) is 11.6. The summed E-state index contributed by atoms with van der Waals surface area (Å²) in [6, 6.07) is 11.3. The predicted octanol–water partition coefficient (Wildman–Crippen LogP) is 4.27. The smallest absolute Gasteiger partial charge is 0.276 e. The number of benzene rings is 1. The number of thioether (sulfide) groups is 1. The van der Waals surface area contributed by atoms with Crippen molar-refractivity contribution in [3.63, 3.8) is 0 Å². The molecule has 1 aromatic heterocycles. The summed E-state index contributed by atoms with van der Waals surface area (Å²) in [6.07, 6.45) is 2.52. The second-order valence-electron chi connectivity index (χ2n) is 5.00. The number of pyridine rings is 1. The maximum atomic E-state index is 12.8. The largest absolute Gasteiger partial charge is 0.306 e. The van der Waals surface area contributed by atoms with E-state index in [1.807, 2.05) is 34.9 Å². The molecule has 5 heteroatoms. The SMILES string of the molecule is CC1CCN(C(=O)c2cc(Cl)ccn2)c2ccccc2S1. The number of hydrogen-bond acceptors (Lipinski definition) is 3. The minimum atomic E-state index is -0.0975. The van der Waals surface area contributed by atoms with E-state index in [-0.39, 0.29) is 5.91 Å². The Labute approximate surface area is 133 Å². The van der Waals surface area contributed by atoms with E-state index >= 15 is 0 Å². The molecule has 1 aliphatic heterocycles. The fourth-order valence-corrected chi connectivity index (χ4v) is 3.63. The predicted molar refractivity (Wildman–Crippen MR) is 87.3 cm³/mol. The molecule has 0 spiro atoms. The van der Waals surface area contributed by atoms with Gasteiger partial charge in [0.1, 0.15) is 5.69 Å². The van der Waals surface area contributed by atoms with Crippen molar-refractivity contribution in [2.24, 2.45) is 0 Å². The van der Waals surface area contributed by atoms with Crippen molar-refractivity contribution in [3.05, 3.63) is 53.3 Å². The van der Waals surface area contributed by atoms with Gasteiger partial charge >= 0.3 is 0 Å². The normalized spacial score (nSPS) is 18.0. The summed E-state index contributed by atoms with van der Waals surface area (Å²) in [5.74, 6) is -0.0975. The summed E-state index contributed by atoms with van der Waals surface area (Å²) in [4.78, 5) is 19.9. The van der Waals surface area contributed by atoms with E-state index in [0.717, 1.165) is 17.0 Å². The van der Waals surface area contributed by atoms with Gasteiger partial charge in [0.2, 0.25) is 0 Å². The summed E-state index contributed by atoms with van der Waals surface area (Å²) in [6.45, 7) is 2.88. The molecule has 0 saturated carbocycles. The summed E-state index contributed by atoms with van der Waals surface area (Å²) >= 11 is 7.78. The van der Waals surface area contributed by atoms with Crippen LogP contribution in [0.4, 0.5) is 5.69 Å². The van der Waals surface area contributed by atoms with E-state index in [0.29, 0.717) is 22.5 Å². The molecule has 0 N–H and O–H groups in total. The van der Waals surface area contributed by atoms with E-state index in [1.54, 1.807) is 18.3 Å². The average Bonchev–Trinajstić information content (AvgIpc) is 2.65. The highest BCUT2D eigenvalue weighted by atomic mass is 35.5. The first-order valence-electron chi connectivity index (χ1n) is 6.84. The number of halogens is 1. The Bertz CT molecular complexity index is 677. The lowest BCUT2D eigenvalue weighted by atomic mass is 10.2. The van der Waals surface area contributed by atoms with Gasteiger partial charge in [-0.2, -0.15) is 0 Å². The van der Waals surface area contributed by atoms with Gasteiger partial charge in [0.05, 0.1) is 5.69 Å². The highest BCUT2D eigenvalue weighted by molar-refractivity contribution is 8.00. The first-order valence-corrected chi connectivity index (χ1v) is 8.10. The van der Waals surface area contributed by atoms with Crippen molar-refractivity contribution in [2.75, 3.05) is 11.4 Å². The highest BCUT2D eigenvalue weighted by Gasteiger charge is 2.25. The standard InChI is InChI=1S/C16H15ClN2OS/c1-11-7-9-19(14-4-2-3-5-15(14)21-11)16(20)13-10-12(17)6-8-18-13/h2-6,8,10-11H,7,9H2,1H3. The van der Waals surface area contributed by atoms with Gasteiger partial charge in [-0.25, -0.2) is 0 Å². The Morgan fingerprint density at radius 3 is 3.00 bits per heavy atom. The Balaban J connectivity index is 2.00. The van der Waals surface area contributed by atoms with Crippen molar-refractivity contribution < 1.29 is 4.79 Å². The summed E-state index contributed by atoms with van der Waals surface area (Å²) < 4.78 is 0. The minimum Gasteiger partial charge on any atom is -0.306 e. The van der Waals surface area contributed by atoms with Crippen molar-refractivity contribution in [1.29, 1.82) is 0 Å². The molecule has 1 atom stereocenters. The van der Waals surface area contributed by atoms with Crippen LogP contribution in [-0.4, -0.2) is 22.7 Å². The van der Waals surface area contributed by atoms with Gasteiger partial charge < -0.3 is 4.90 Å². The van der Waals surface area contributed by atoms with Crippen LogP contribution in [0.15, 0.2) is 47.5 Å². The first kappa shape index (κ1) is 14.4. The second kappa shape index (κ2) is 6.08. The van der Waals surface area contributed by atoms with Crippen molar-refractivity contribution in [3.8, 4) is 0 Å². The van der Waals surface area contributed by atoms with Gasteiger partial charge in [0.15, 0.2) is 0 Å². The molecule has 3 nitrogen and oxygen atoms in total. The summed E-state index contributed by atoms with van der Waals surface area (Å²) in [7, 11) is 0.